The Hall–Kier alpha value is -1.23. The van der Waals surface area contributed by atoms with Crippen LogP contribution in [0.4, 0.5) is 5.69 Å². The summed E-state index contributed by atoms with van der Waals surface area (Å²) in [6.07, 6.45) is 2.60. The minimum absolute atomic E-state index is 0.0520. The molecule has 0 aromatic carbocycles. The van der Waals surface area contributed by atoms with Gasteiger partial charge in [-0.05, 0) is 6.07 Å². The fourth-order valence-electron chi connectivity index (χ4n) is 1.78. The number of hydrogen-bond donors (Lipinski definition) is 2. The van der Waals surface area contributed by atoms with Gasteiger partial charge in [-0.25, -0.2) is 16.8 Å². The normalized spacial score (nSPS) is 20.1. The van der Waals surface area contributed by atoms with Crippen molar-refractivity contribution in [1.29, 1.82) is 0 Å². The molecule has 0 saturated carbocycles. The molecule has 0 atom stereocenters. The molecule has 0 aliphatic carbocycles. The highest BCUT2D eigenvalue weighted by Crippen LogP contribution is 2.23. The molecule has 1 fully saturated rings. The first-order valence-corrected chi connectivity index (χ1v) is 8.74. The van der Waals surface area contributed by atoms with Crippen molar-refractivity contribution in [1.82, 2.24) is 9.29 Å². The highest BCUT2D eigenvalue weighted by atomic mass is 32.2. The van der Waals surface area contributed by atoms with E-state index in [-0.39, 0.29) is 35.2 Å². The van der Waals surface area contributed by atoms with Gasteiger partial charge in [0.15, 0.2) is 9.84 Å². The number of sulfonamides is 1. The Bertz CT molecular complexity index is 657. The zero-order valence-electron chi connectivity index (χ0n) is 9.98. The second-order valence-corrected chi connectivity index (χ2v) is 8.28. The Balaban J connectivity index is 2.33. The number of nitrogens with two attached hydrogens (primary N) is 1. The van der Waals surface area contributed by atoms with Crippen molar-refractivity contribution >= 4 is 25.5 Å². The Kier molecular flexibility index (Phi) is 3.76. The van der Waals surface area contributed by atoms with Gasteiger partial charge in [-0.2, -0.15) is 4.31 Å². The molecule has 10 heteroatoms. The summed E-state index contributed by atoms with van der Waals surface area (Å²) in [5.74, 6) is 4.93. The van der Waals surface area contributed by atoms with Gasteiger partial charge < -0.3 is 5.43 Å². The van der Waals surface area contributed by atoms with Crippen LogP contribution >= 0.6 is 0 Å². The number of nitrogen functional groups attached to an aromatic ring is 1. The number of aromatic nitrogens is 1. The minimum Gasteiger partial charge on any atom is -0.323 e. The van der Waals surface area contributed by atoms with Crippen molar-refractivity contribution in [3.05, 3.63) is 18.5 Å². The fourth-order valence-corrected chi connectivity index (χ4v) is 4.75. The second-order valence-electron chi connectivity index (χ2n) is 4.07. The standard InChI is InChI=1S/C9H14N4O4S2/c10-12-8-1-2-11-7-9(8)19(16,17)13-3-5-18(14,15)6-4-13/h1-2,7H,3-6,10H2,(H,11,12). The summed E-state index contributed by atoms with van der Waals surface area (Å²) in [7, 11) is -6.93. The molecule has 0 amide bonds. The molecule has 0 spiro atoms. The van der Waals surface area contributed by atoms with Gasteiger partial charge in [0.2, 0.25) is 10.0 Å². The van der Waals surface area contributed by atoms with E-state index in [0.29, 0.717) is 0 Å². The summed E-state index contributed by atoms with van der Waals surface area (Å²) >= 11 is 0. The molecule has 1 aromatic rings. The van der Waals surface area contributed by atoms with E-state index in [0.717, 1.165) is 4.31 Å². The average Bonchev–Trinajstić information content (AvgIpc) is 2.38. The van der Waals surface area contributed by atoms with Crippen molar-refractivity contribution in [2.24, 2.45) is 5.84 Å². The zero-order chi connectivity index (χ0) is 14.1. The molecule has 3 N–H and O–H groups in total. The Morgan fingerprint density at radius 1 is 1.32 bits per heavy atom. The average molecular weight is 306 g/mol. The third-order valence-corrected chi connectivity index (χ3v) is 6.40. The molecule has 2 rings (SSSR count). The van der Waals surface area contributed by atoms with Crippen LogP contribution in [0.5, 0.6) is 0 Å². The van der Waals surface area contributed by atoms with E-state index in [9.17, 15) is 16.8 Å². The predicted octanol–water partition coefficient (Wildman–Crippen LogP) is -1.21. The largest absolute Gasteiger partial charge is 0.323 e. The van der Waals surface area contributed by atoms with Gasteiger partial charge in [0.25, 0.3) is 0 Å². The van der Waals surface area contributed by atoms with Crippen LogP contribution in [-0.2, 0) is 19.9 Å². The molecule has 19 heavy (non-hydrogen) atoms. The summed E-state index contributed by atoms with van der Waals surface area (Å²) in [6.45, 7) is -0.104. The van der Waals surface area contributed by atoms with Crippen molar-refractivity contribution in [3.8, 4) is 0 Å². The maximum Gasteiger partial charge on any atom is 0.246 e. The van der Waals surface area contributed by atoms with E-state index < -0.39 is 19.9 Å². The molecular weight excluding hydrogens is 292 g/mol. The lowest BCUT2D eigenvalue weighted by Gasteiger charge is -2.26. The van der Waals surface area contributed by atoms with E-state index in [1.165, 1.54) is 18.5 Å². The maximum absolute atomic E-state index is 12.4. The van der Waals surface area contributed by atoms with Gasteiger partial charge in [0.1, 0.15) is 4.90 Å². The zero-order valence-corrected chi connectivity index (χ0v) is 11.6. The van der Waals surface area contributed by atoms with E-state index in [2.05, 4.69) is 10.4 Å². The van der Waals surface area contributed by atoms with Crippen LogP contribution in [0, 0.1) is 0 Å². The first-order valence-electron chi connectivity index (χ1n) is 5.48. The number of hydrazine groups is 1. The lowest BCUT2D eigenvalue weighted by atomic mass is 10.4. The third kappa shape index (κ3) is 2.86. The number of pyridine rings is 1. The fraction of sp³-hybridized carbons (Fsp3) is 0.444. The van der Waals surface area contributed by atoms with Crippen LogP contribution in [0.3, 0.4) is 0 Å². The molecular formula is C9H14N4O4S2. The van der Waals surface area contributed by atoms with Crippen LogP contribution in [0.1, 0.15) is 0 Å². The first-order chi connectivity index (χ1) is 8.87. The molecule has 1 aromatic heterocycles. The Morgan fingerprint density at radius 3 is 2.53 bits per heavy atom. The van der Waals surface area contributed by atoms with Gasteiger partial charge in [0, 0.05) is 25.5 Å². The van der Waals surface area contributed by atoms with Gasteiger partial charge in [-0.3, -0.25) is 10.8 Å². The smallest absolute Gasteiger partial charge is 0.246 e. The lowest BCUT2D eigenvalue weighted by Crippen LogP contribution is -2.43. The predicted molar refractivity (Wildman–Crippen MR) is 69.5 cm³/mol. The second kappa shape index (κ2) is 5.04. The van der Waals surface area contributed by atoms with E-state index in [4.69, 9.17) is 5.84 Å². The van der Waals surface area contributed by atoms with Crippen LogP contribution in [-0.4, -0.2) is 50.7 Å². The van der Waals surface area contributed by atoms with Crippen molar-refractivity contribution < 1.29 is 16.8 Å². The number of rotatable bonds is 3. The van der Waals surface area contributed by atoms with Crippen molar-refractivity contribution in [2.45, 2.75) is 4.90 Å². The molecule has 1 aliphatic rings. The van der Waals surface area contributed by atoms with Gasteiger partial charge in [-0.15, -0.1) is 0 Å². The summed E-state index contributed by atoms with van der Waals surface area (Å²) in [5, 5.41) is 0. The molecule has 0 unspecified atom stereocenters. The van der Waals surface area contributed by atoms with Crippen LogP contribution in [0.25, 0.3) is 0 Å². The topological polar surface area (TPSA) is 122 Å². The summed E-state index contributed by atoms with van der Waals surface area (Å²) < 4.78 is 48.5. The van der Waals surface area contributed by atoms with Gasteiger partial charge in [0.05, 0.1) is 17.2 Å². The van der Waals surface area contributed by atoms with Gasteiger partial charge in [-0.1, -0.05) is 0 Å². The van der Waals surface area contributed by atoms with Crippen molar-refractivity contribution in [3.63, 3.8) is 0 Å². The number of sulfone groups is 1. The Labute approximate surface area is 111 Å². The monoisotopic (exact) mass is 306 g/mol. The SMILES string of the molecule is NNc1ccncc1S(=O)(=O)N1CCS(=O)(=O)CC1. The van der Waals surface area contributed by atoms with Crippen LogP contribution < -0.4 is 11.3 Å². The molecule has 2 heterocycles. The number of anilines is 1. The number of nitrogens with zero attached hydrogens (tertiary/aromatic N) is 2. The molecule has 0 bridgehead atoms. The highest BCUT2D eigenvalue weighted by Gasteiger charge is 2.32. The minimum atomic E-state index is -3.79. The summed E-state index contributed by atoms with van der Waals surface area (Å²) in [5.41, 5.74) is 2.52. The van der Waals surface area contributed by atoms with Crippen LogP contribution in [0.2, 0.25) is 0 Å². The first kappa shape index (κ1) is 14.2. The molecule has 106 valence electrons. The lowest BCUT2D eigenvalue weighted by molar-refractivity contribution is 0.431. The van der Waals surface area contributed by atoms with E-state index in [1.54, 1.807) is 0 Å². The van der Waals surface area contributed by atoms with Crippen LogP contribution in [0.15, 0.2) is 23.4 Å². The van der Waals surface area contributed by atoms with E-state index >= 15 is 0 Å². The molecule has 1 saturated heterocycles. The summed E-state index contributed by atoms with van der Waals surface area (Å²) in [6, 6.07) is 1.44. The molecule has 1 aliphatic heterocycles. The quantitative estimate of drug-likeness (QED) is 0.530. The van der Waals surface area contributed by atoms with Crippen molar-refractivity contribution in [2.75, 3.05) is 30.0 Å². The number of nitrogens with one attached hydrogen (secondary N) is 1. The number of hydrogen-bond acceptors (Lipinski definition) is 7. The molecule has 8 nitrogen and oxygen atoms in total. The Morgan fingerprint density at radius 2 is 1.95 bits per heavy atom. The highest BCUT2D eigenvalue weighted by molar-refractivity contribution is 7.92. The third-order valence-electron chi connectivity index (χ3n) is 2.86. The van der Waals surface area contributed by atoms with E-state index in [1.807, 2.05) is 0 Å². The summed E-state index contributed by atoms with van der Waals surface area (Å²) in [4.78, 5) is 3.70. The molecule has 0 radical (unpaired) electrons. The van der Waals surface area contributed by atoms with Gasteiger partial charge >= 0.3 is 0 Å². The maximum atomic E-state index is 12.4.